The van der Waals surface area contributed by atoms with E-state index in [2.05, 4.69) is 5.32 Å². The predicted molar refractivity (Wildman–Crippen MR) is 150 cm³/mol. The normalized spacial score (nSPS) is 11.8. The minimum atomic E-state index is -4.18. The first-order valence-corrected chi connectivity index (χ1v) is 14.0. The lowest BCUT2D eigenvalue weighted by Crippen LogP contribution is -2.51. The van der Waals surface area contributed by atoms with Crippen LogP contribution in [-0.4, -0.2) is 58.5 Å². The van der Waals surface area contributed by atoms with Crippen LogP contribution in [0.5, 0.6) is 11.5 Å². The highest BCUT2D eigenvalue weighted by molar-refractivity contribution is 7.92. The van der Waals surface area contributed by atoms with E-state index in [0.717, 1.165) is 15.4 Å². The highest BCUT2D eigenvalue weighted by Crippen LogP contribution is 2.34. The molecule has 0 radical (unpaired) electrons. The fourth-order valence-electron chi connectivity index (χ4n) is 4.10. The van der Waals surface area contributed by atoms with Crippen molar-refractivity contribution < 1.29 is 27.5 Å². The minimum Gasteiger partial charge on any atom is -0.493 e. The van der Waals surface area contributed by atoms with Crippen LogP contribution in [0.4, 0.5) is 5.69 Å². The summed E-state index contributed by atoms with van der Waals surface area (Å²) in [7, 11) is -1.25. The lowest BCUT2D eigenvalue weighted by atomic mass is 10.1. The van der Waals surface area contributed by atoms with E-state index in [1.807, 2.05) is 31.2 Å². The average molecular weight is 554 g/mol. The van der Waals surface area contributed by atoms with E-state index in [-0.39, 0.29) is 23.0 Å². The second-order valence-corrected chi connectivity index (χ2v) is 10.7. The molecule has 0 aromatic heterocycles. The number of nitrogens with zero attached hydrogens (tertiary/aromatic N) is 2. The van der Waals surface area contributed by atoms with Crippen molar-refractivity contribution >= 4 is 27.5 Å². The summed E-state index contributed by atoms with van der Waals surface area (Å²) in [5.41, 5.74) is 2.02. The Morgan fingerprint density at radius 1 is 0.923 bits per heavy atom. The summed E-state index contributed by atoms with van der Waals surface area (Å²) in [4.78, 5) is 28.2. The number of hydrogen-bond donors (Lipinski definition) is 1. The molecule has 1 atom stereocenters. The number of nitrogens with one attached hydrogen (secondary N) is 1. The Labute approximate surface area is 230 Å². The molecule has 10 heteroatoms. The molecule has 3 aromatic carbocycles. The number of aryl methyl sites for hydroxylation is 1. The largest absolute Gasteiger partial charge is 0.493 e. The molecule has 208 valence electrons. The van der Waals surface area contributed by atoms with Gasteiger partial charge in [-0.2, -0.15) is 0 Å². The number of anilines is 1. The number of amides is 2. The summed E-state index contributed by atoms with van der Waals surface area (Å²) in [5, 5.41) is 2.75. The van der Waals surface area contributed by atoms with Gasteiger partial charge in [-0.05, 0) is 56.2 Å². The molecule has 0 saturated heterocycles. The predicted octanol–water partition coefficient (Wildman–Crippen LogP) is 3.76. The zero-order valence-electron chi connectivity index (χ0n) is 22.9. The standard InChI is InChI=1S/C29H35N3O6S/c1-6-30-29(34)22(3)31(19-23-13-11-10-12-21(23)2)28(33)20-32(39(35,36)25-14-8-7-9-15-25)24-16-17-26(37-4)27(18-24)38-5/h7-18,22H,6,19-20H2,1-5H3,(H,30,34)/t22-/m0/s1. The van der Waals surface area contributed by atoms with Crippen LogP contribution < -0.4 is 19.1 Å². The molecule has 0 aliphatic rings. The van der Waals surface area contributed by atoms with E-state index in [9.17, 15) is 18.0 Å². The third kappa shape index (κ3) is 6.88. The third-order valence-corrected chi connectivity index (χ3v) is 8.17. The summed E-state index contributed by atoms with van der Waals surface area (Å²) in [6, 6.07) is 19.2. The molecule has 0 saturated carbocycles. The molecule has 1 N–H and O–H groups in total. The van der Waals surface area contributed by atoms with Crippen LogP contribution >= 0.6 is 0 Å². The van der Waals surface area contributed by atoms with Gasteiger partial charge >= 0.3 is 0 Å². The van der Waals surface area contributed by atoms with Crippen molar-refractivity contribution in [2.45, 2.75) is 38.3 Å². The minimum absolute atomic E-state index is 0.0230. The van der Waals surface area contributed by atoms with Crippen LogP contribution in [0.15, 0.2) is 77.7 Å². The number of rotatable bonds is 12. The van der Waals surface area contributed by atoms with Crippen molar-refractivity contribution in [3.05, 3.63) is 83.9 Å². The van der Waals surface area contributed by atoms with Gasteiger partial charge in [-0.15, -0.1) is 0 Å². The number of ether oxygens (including phenoxy) is 2. The van der Waals surface area contributed by atoms with Gasteiger partial charge < -0.3 is 19.7 Å². The smallest absolute Gasteiger partial charge is 0.264 e. The number of hydrogen-bond acceptors (Lipinski definition) is 6. The Kier molecular flexibility index (Phi) is 9.95. The molecular weight excluding hydrogens is 518 g/mol. The third-order valence-electron chi connectivity index (χ3n) is 6.39. The number of carbonyl (C=O) groups excluding carboxylic acids is 2. The van der Waals surface area contributed by atoms with Crippen molar-refractivity contribution in [2.75, 3.05) is 31.6 Å². The van der Waals surface area contributed by atoms with Gasteiger partial charge in [0.1, 0.15) is 12.6 Å². The monoisotopic (exact) mass is 553 g/mol. The number of likely N-dealkylation sites (N-methyl/N-ethyl adjacent to an activating group) is 1. The Morgan fingerprint density at radius 3 is 2.18 bits per heavy atom. The summed E-state index contributed by atoms with van der Waals surface area (Å²) >= 11 is 0. The Bertz CT molecular complexity index is 1400. The highest BCUT2D eigenvalue weighted by atomic mass is 32.2. The first-order valence-electron chi connectivity index (χ1n) is 12.6. The SMILES string of the molecule is CCNC(=O)[C@H](C)N(Cc1ccccc1C)C(=O)CN(c1ccc(OC)c(OC)c1)S(=O)(=O)c1ccccc1. The summed E-state index contributed by atoms with van der Waals surface area (Å²) < 4.78 is 39.5. The molecule has 0 spiro atoms. The van der Waals surface area contributed by atoms with Crippen LogP contribution in [0.3, 0.4) is 0 Å². The topological polar surface area (TPSA) is 105 Å². The zero-order chi connectivity index (χ0) is 28.6. The maximum absolute atomic E-state index is 13.9. The number of benzene rings is 3. The van der Waals surface area contributed by atoms with Gasteiger partial charge in [-0.25, -0.2) is 8.42 Å². The van der Waals surface area contributed by atoms with Gasteiger partial charge in [0, 0.05) is 19.2 Å². The number of methoxy groups -OCH3 is 2. The summed E-state index contributed by atoms with van der Waals surface area (Å²) in [5.74, 6) is -0.145. The van der Waals surface area contributed by atoms with Crippen molar-refractivity contribution in [1.29, 1.82) is 0 Å². The van der Waals surface area contributed by atoms with Crippen molar-refractivity contribution in [3.8, 4) is 11.5 Å². The molecule has 3 rings (SSSR count). The highest BCUT2D eigenvalue weighted by Gasteiger charge is 2.33. The molecule has 0 aliphatic carbocycles. The van der Waals surface area contributed by atoms with Gasteiger partial charge in [-0.3, -0.25) is 13.9 Å². The van der Waals surface area contributed by atoms with E-state index in [1.54, 1.807) is 44.2 Å². The van der Waals surface area contributed by atoms with E-state index in [0.29, 0.717) is 18.0 Å². The molecular formula is C29H35N3O6S. The zero-order valence-corrected chi connectivity index (χ0v) is 23.7. The quantitative estimate of drug-likeness (QED) is 0.366. The van der Waals surface area contributed by atoms with Crippen LogP contribution in [0.25, 0.3) is 0 Å². The first-order chi connectivity index (χ1) is 18.6. The first kappa shape index (κ1) is 29.5. The van der Waals surface area contributed by atoms with E-state index < -0.39 is 28.5 Å². The lowest BCUT2D eigenvalue weighted by Gasteiger charge is -2.32. The fraction of sp³-hybridized carbons (Fsp3) is 0.310. The maximum atomic E-state index is 13.9. The van der Waals surface area contributed by atoms with E-state index >= 15 is 0 Å². The maximum Gasteiger partial charge on any atom is 0.264 e. The van der Waals surface area contributed by atoms with E-state index in [4.69, 9.17) is 9.47 Å². The second-order valence-electron chi connectivity index (χ2n) is 8.88. The molecule has 0 fully saturated rings. The summed E-state index contributed by atoms with van der Waals surface area (Å²) in [6.45, 7) is 5.34. The molecule has 39 heavy (non-hydrogen) atoms. The van der Waals surface area contributed by atoms with Gasteiger partial charge in [0.05, 0.1) is 24.8 Å². The summed E-state index contributed by atoms with van der Waals surface area (Å²) in [6.07, 6.45) is 0. The van der Waals surface area contributed by atoms with Gasteiger partial charge in [0.25, 0.3) is 10.0 Å². The molecule has 2 amide bonds. The number of sulfonamides is 1. The van der Waals surface area contributed by atoms with Crippen LogP contribution in [0.2, 0.25) is 0 Å². The lowest BCUT2D eigenvalue weighted by molar-refractivity contribution is -0.139. The van der Waals surface area contributed by atoms with E-state index in [1.165, 1.54) is 37.3 Å². The van der Waals surface area contributed by atoms with Crippen molar-refractivity contribution in [1.82, 2.24) is 10.2 Å². The van der Waals surface area contributed by atoms with Crippen LogP contribution in [0, 0.1) is 6.92 Å². The Balaban J connectivity index is 2.09. The second kappa shape index (κ2) is 13.1. The Hall–Kier alpha value is -4.05. The van der Waals surface area contributed by atoms with Crippen molar-refractivity contribution in [2.24, 2.45) is 0 Å². The van der Waals surface area contributed by atoms with Crippen molar-refractivity contribution in [3.63, 3.8) is 0 Å². The molecule has 9 nitrogen and oxygen atoms in total. The average Bonchev–Trinajstić information content (AvgIpc) is 2.95. The molecule has 0 aliphatic heterocycles. The molecule has 0 unspecified atom stereocenters. The Morgan fingerprint density at radius 2 is 1.56 bits per heavy atom. The number of carbonyl (C=O) groups is 2. The van der Waals surface area contributed by atoms with Gasteiger partial charge in [0.15, 0.2) is 11.5 Å². The molecule has 3 aromatic rings. The molecule has 0 heterocycles. The fourth-order valence-corrected chi connectivity index (χ4v) is 5.53. The van der Waals surface area contributed by atoms with Crippen LogP contribution in [-0.2, 0) is 26.2 Å². The van der Waals surface area contributed by atoms with Crippen LogP contribution in [0.1, 0.15) is 25.0 Å². The van der Waals surface area contributed by atoms with Gasteiger partial charge in [-0.1, -0.05) is 42.5 Å². The van der Waals surface area contributed by atoms with Gasteiger partial charge in [0.2, 0.25) is 11.8 Å². The molecule has 0 bridgehead atoms.